The van der Waals surface area contributed by atoms with Gasteiger partial charge in [-0.15, -0.1) is 0 Å². The Bertz CT molecular complexity index is 390. The standard InChI is InChI=1S/C12H15FN2O/c1-2-15(12(16)14-9-7-8-9)11-6-4-3-5-10(11)13/h3-6,9H,2,7-8H2,1H3,(H,14,16). The highest BCUT2D eigenvalue weighted by molar-refractivity contribution is 5.92. The molecule has 2 amide bonds. The largest absolute Gasteiger partial charge is 0.335 e. The number of carbonyl (C=O) groups is 1. The van der Waals surface area contributed by atoms with Crippen LogP contribution in [0.4, 0.5) is 14.9 Å². The monoisotopic (exact) mass is 222 g/mol. The number of carbonyl (C=O) groups excluding carboxylic acids is 1. The Balaban J connectivity index is 2.14. The van der Waals surface area contributed by atoms with Crippen LogP contribution in [-0.2, 0) is 0 Å². The van der Waals surface area contributed by atoms with Crippen molar-refractivity contribution in [2.24, 2.45) is 0 Å². The number of hydrogen-bond donors (Lipinski definition) is 1. The molecule has 3 nitrogen and oxygen atoms in total. The molecule has 0 aromatic heterocycles. The van der Waals surface area contributed by atoms with E-state index in [2.05, 4.69) is 5.32 Å². The lowest BCUT2D eigenvalue weighted by molar-refractivity contribution is 0.246. The highest BCUT2D eigenvalue weighted by Gasteiger charge is 2.26. The van der Waals surface area contributed by atoms with Gasteiger partial charge in [0, 0.05) is 12.6 Å². The Morgan fingerprint density at radius 2 is 2.19 bits per heavy atom. The number of benzene rings is 1. The summed E-state index contributed by atoms with van der Waals surface area (Å²) < 4.78 is 13.5. The Morgan fingerprint density at radius 1 is 1.50 bits per heavy atom. The van der Waals surface area contributed by atoms with Crippen molar-refractivity contribution in [3.05, 3.63) is 30.1 Å². The maximum Gasteiger partial charge on any atom is 0.322 e. The van der Waals surface area contributed by atoms with Gasteiger partial charge in [0.1, 0.15) is 5.82 Å². The van der Waals surface area contributed by atoms with Crippen molar-refractivity contribution in [1.82, 2.24) is 5.32 Å². The van der Waals surface area contributed by atoms with Gasteiger partial charge in [0.15, 0.2) is 0 Å². The van der Waals surface area contributed by atoms with E-state index in [-0.39, 0.29) is 17.9 Å². The number of anilines is 1. The molecule has 1 aromatic rings. The van der Waals surface area contributed by atoms with E-state index in [9.17, 15) is 9.18 Å². The average molecular weight is 222 g/mol. The number of amides is 2. The molecule has 4 heteroatoms. The third-order valence-corrected chi connectivity index (χ3v) is 2.61. The number of nitrogens with zero attached hydrogens (tertiary/aromatic N) is 1. The SMILES string of the molecule is CCN(C(=O)NC1CC1)c1ccccc1F. The van der Waals surface area contributed by atoms with Crippen molar-refractivity contribution in [2.45, 2.75) is 25.8 Å². The fourth-order valence-electron chi connectivity index (χ4n) is 1.57. The molecule has 1 saturated carbocycles. The van der Waals surface area contributed by atoms with Crippen molar-refractivity contribution < 1.29 is 9.18 Å². The predicted octanol–water partition coefficient (Wildman–Crippen LogP) is 2.52. The summed E-state index contributed by atoms with van der Waals surface area (Å²) in [5, 5.41) is 2.85. The smallest absolute Gasteiger partial charge is 0.322 e. The summed E-state index contributed by atoms with van der Waals surface area (Å²) in [5.74, 6) is -0.365. The fourth-order valence-corrected chi connectivity index (χ4v) is 1.57. The van der Waals surface area contributed by atoms with Crippen LogP contribution in [0.1, 0.15) is 19.8 Å². The zero-order valence-electron chi connectivity index (χ0n) is 9.24. The van der Waals surface area contributed by atoms with Crippen LogP contribution in [0.3, 0.4) is 0 Å². The van der Waals surface area contributed by atoms with Gasteiger partial charge < -0.3 is 5.32 Å². The number of para-hydroxylation sites is 1. The Kier molecular flexibility index (Phi) is 3.08. The van der Waals surface area contributed by atoms with Crippen LogP contribution < -0.4 is 10.2 Å². The van der Waals surface area contributed by atoms with E-state index >= 15 is 0 Å². The molecule has 0 radical (unpaired) electrons. The summed E-state index contributed by atoms with van der Waals surface area (Å²) >= 11 is 0. The molecule has 0 bridgehead atoms. The zero-order valence-corrected chi connectivity index (χ0v) is 9.24. The molecular weight excluding hydrogens is 207 g/mol. The second kappa shape index (κ2) is 4.51. The second-order valence-electron chi connectivity index (χ2n) is 3.92. The third kappa shape index (κ3) is 2.32. The van der Waals surface area contributed by atoms with Crippen LogP contribution >= 0.6 is 0 Å². The first kappa shape index (κ1) is 10.9. The summed E-state index contributed by atoms with van der Waals surface area (Å²) in [6.07, 6.45) is 2.06. The molecule has 1 aromatic carbocycles. The minimum atomic E-state index is -0.365. The Labute approximate surface area is 94.3 Å². The van der Waals surface area contributed by atoms with E-state index < -0.39 is 0 Å². The fraction of sp³-hybridized carbons (Fsp3) is 0.417. The van der Waals surface area contributed by atoms with E-state index in [1.807, 2.05) is 6.92 Å². The maximum atomic E-state index is 13.5. The first-order chi connectivity index (χ1) is 7.72. The van der Waals surface area contributed by atoms with Crippen molar-refractivity contribution in [1.29, 1.82) is 0 Å². The van der Waals surface area contributed by atoms with E-state index in [1.165, 1.54) is 11.0 Å². The minimum absolute atomic E-state index is 0.213. The number of urea groups is 1. The third-order valence-electron chi connectivity index (χ3n) is 2.61. The number of rotatable bonds is 3. The van der Waals surface area contributed by atoms with Crippen LogP contribution in [0.25, 0.3) is 0 Å². The van der Waals surface area contributed by atoms with Gasteiger partial charge in [0.2, 0.25) is 0 Å². The van der Waals surface area contributed by atoms with Crippen LogP contribution in [0.15, 0.2) is 24.3 Å². The lowest BCUT2D eigenvalue weighted by atomic mass is 10.3. The first-order valence-corrected chi connectivity index (χ1v) is 5.55. The lowest BCUT2D eigenvalue weighted by Gasteiger charge is -2.21. The summed E-state index contributed by atoms with van der Waals surface area (Å²) in [6, 6.07) is 6.40. The molecule has 0 saturated heterocycles. The normalized spacial score (nSPS) is 14.6. The van der Waals surface area contributed by atoms with E-state index in [0.717, 1.165) is 12.8 Å². The van der Waals surface area contributed by atoms with E-state index in [1.54, 1.807) is 18.2 Å². The summed E-state index contributed by atoms with van der Waals surface area (Å²) in [4.78, 5) is 13.2. The molecule has 1 N–H and O–H groups in total. The van der Waals surface area contributed by atoms with Crippen molar-refractivity contribution in [2.75, 3.05) is 11.4 Å². The summed E-state index contributed by atoms with van der Waals surface area (Å²) in [6.45, 7) is 2.29. The van der Waals surface area contributed by atoms with Gasteiger partial charge in [0.05, 0.1) is 5.69 Å². The molecule has 1 aliphatic rings. The second-order valence-corrected chi connectivity index (χ2v) is 3.92. The molecule has 0 spiro atoms. The first-order valence-electron chi connectivity index (χ1n) is 5.55. The van der Waals surface area contributed by atoms with Crippen LogP contribution in [0.5, 0.6) is 0 Å². The predicted molar refractivity (Wildman–Crippen MR) is 61.0 cm³/mol. The molecular formula is C12H15FN2O. The minimum Gasteiger partial charge on any atom is -0.335 e. The maximum absolute atomic E-state index is 13.5. The molecule has 86 valence electrons. The molecule has 0 aliphatic heterocycles. The molecule has 1 aliphatic carbocycles. The van der Waals surface area contributed by atoms with Gasteiger partial charge in [-0.2, -0.15) is 0 Å². The molecule has 0 atom stereocenters. The van der Waals surface area contributed by atoms with Gasteiger partial charge in [-0.25, -0.2) is 9.18 Å². The van der Waals surface area contributed by atoms with Crippen molar-refractivity contribution in [3.63, 3.8) is 0 Å². The average Bonchev–Trinajstić information content (AvgIpc) is 3.06. The van der Waals surface area contributed by atoms with Crippen LogP contribution in [0.2, 0.25) is 0 Å². The van der Waals surface area contributed by atoms with Crippen LogP contribution in [-0.4, -0.2) is 18.6 Å². The molecule has 2 rings (SSSR count). The quantitative estimate of drug-likeness (QED) is 0.837. The van der Waals surface area contributed by atoms with Gasteiger partial charge in [-0.3, -0.25) is 4.90 Å². The lowest BCUT2D eigenvalue weighted by Crippen LogP contribution is -2.41. The number of hydrogen-bond acceptors (Lipinski definition) is 1. The van der Waals surface area contributed by atoms with Crippen molar-refractivity contribution in [3.8, 4) is 0 Å². The molecule has 16 heavy (non-hydrogen) atoms. The van der Waals surface area contributed by atoms with Gasteiger partial charge >= 0.3 is 6.03 Å². The topological polar surface area (TPSA) is 32.3 Å². The van der Waals surface area contributed by atoms with Gasteiger partial charge in [-0.1, -0.05) is 12.1 Å². The van der Waals surface area contributed by atoms with Gasteiger partial charge in [-0.05, 0) is 31.9 Å². The van der Waals surface area contributed by atoms with E-state index in [4.69, 9.17) is 0 Å². The highest BCUT2D eigenvalue weighted by atomic mass is 19.1. The van der Waals surface area contributed by atoms with Crippen molar-refractivity contribution >= 4 is 11.7 Å². The van der Waals surface area contributed by atoms with Gasteiger partial charge in [0.25, 0.3) is 0 Å². The van der Waals surface area contributed by atoms with E-state index in [0.29, 0.717) is 12.2 Å². The molecule has 0 heterocycles. The molecule has 1 fully saturated rings. The summed E-state index contributed by atoms with van der Waals surface area (Å²) in [5.41, 5.74) is 0.336. The molecule has 0 unspecified atom stereocenters. The number of halogens is 1. The highest BCUT2D eigenvalue weighted by Crippen LogP contribution is 2.22. The van der Waals surface area contributed by atoms with Crippen LogP contribution in [0, 0.1) is 5.82 Å². The Morgan fingerprint density at radius 3 is 2.75 bits per heavy atom. The zero-order chi connectivity index (χ0) is 11.5. The number of nitrogens with one attached hydrogen (secondary N) is 1. The summed E-state index contributed by atoms with van der Waals surface area (Å²) in [7, 11) is 0. The Hall–Kier alpha value is -1.58.